The third kappa shape index (κ3) is 6.13. The molecule has 1 aliphatic rings. The van der Waals surface area contributed by atoms with Crippen molar-refractivity contribution in [1.82, 2.24) is 4.90 Å². The van der Waals surface area contributed by atoms with Crippen LogP contribution in [0, 0.1) is 0 Å². The van der Waals surface area contributed by atoms with Gasteiger partial charge < -0.3 is 14.2 Å². The van der Waals surface area contributed by atoms with Crippen molar-refractivity contribution < 1.29 is 19.0 Å². The smallest absolute Gasteiger partial charge is 0.492 e. The van der Waals surface area contributed by atoms with E-state index in [1.807, 2.05) is 18.2 Å². The first-order valence-corrected chi connectivity index (χ1v) is 7.11. The lowest BCUT2D eigenvalue weighted by Crippen LogP contribution is -2.34. The zero-order valence-corrected chi connectivity index (χ0v) is 13.9. The van der Waals surface area contributed by atoms with Gasteiger partial charge in [-0.2, -0.15) is 0 Å². The fourth-order valence-corrected chi connectivity index (χ4v) is 2.14. The van der Waals surface area contributed by atoms with E-state index >= 15 is 0 Å². The van der Waals surface area contributed by atoms with Gasteiger partial charge in [-0.3, -0.25) is 4.90 Å². The van der Waals surface area contributed by atoms with Crippen LogP contribution in [-0.4, -0.2) is 44.4 Å². The summed E-state index contributed by atoms with van der Waals surface area (Å²) in [6.45, 7) is 2.81. The van der Waals surface area contributed by atoms with Crippen LogP contribution in [0.15, 0.2) is 36.1 Å². The Hall–Kier alpha value is -1.43. The zero-order chi connectivity index (χ0) is 15.1. The molecule has 0 aromatic heterocycles. The molecule has 2 rings (SSSR count). The van der Waals surface area contributed by atoms with Crippen LogP contribution in [0.1, 0.15) is 6.42 Å². The second-order valence-corrected chi connectivity index (χ2v) is 5.03. The summed E-state index contributed by atoms with van der Waals surface area (Å²) in [7, 11) is 1.30. The van der Waals surface area contributed by atoms with E-state index in [0.717, 1.165) is 25.3 Å². The molecule has 22 heavy (non-hydrogen) atoms. The highest BCUT2D eigenvalue weighted by Crippen LogP contribution is 2.16. The van der Waals surface area contributed by atoms with E-state index in [4.69, 9.17) is 21.1 Å². The summed E-state index contributed by atoms with van der Waals surface area (Å²) in [6.07, 6.45) is 2.07. The standard InChI is InChI=1S/C15H18ClNO4.ClH/c1-19-15(18)21-14-3-2-8-17(11-14)9-10-20-13-6-4-12(16)5-7-13;/h3-7H,2,8-11H2,1H3;1H. The fourth-order valence-electron chi connectivity index (χ4n) is 2.01. The molecular formula is C15H19Cl2NO4. The molecule has 1 aliphatic heterocycles. The highest BCUT2D eigenvalue weighted by molar-refractivity contribution is 6.30. The molecule has 5 nitrogen and oxygen atoms in total. The lowest BCUT2D eigenvalue weighted by molar-refractivity contribution is 0.0859. The van der Waals surface area contributed by atoms with Gasteiger partial charge in [0.15, 0.2) is 0 Å². The Balaban J connectivity index is 0.00000242. The van der Waals surface area contributed by atoms with Crippen LogP contribution in [0.2, 0.25) is 5.02 Å². The van der Waals surface area contributed by atoms with Crippen LogP contribution in [0.5, 0.6) is 5.75 Å². The Labute approximate surface area is 141 Å². The Morgan fingerprint density at radius 1 is 1.32 bits per heavy atom. The molecule has 0 unspecified atom stereocenters. The quantitative estimate of drug-likeness (QED) is 0.762. The molecule has 0 saturated carbocycles. The Morgan fingerprint density at radius 3 is 2.73 bits per heavy atom. The molecule has 0 radical (unpaired) electrons. The third-order valence-electron chi connectivity index (χ3n) is 3.07. The Bertz CT molecular complexity index is 505. The molecule has 0 aliphatic carbocycles. The Kier molecular flexibility index (Phi) is 8.09. The lowest BCUT2D eigenvalue weighted by Gasteiger charge is -2.26. The monoisotopic (exact) mass is 347 g/mol. The predicted octanol–water partition coefficient (Wildman–Crippen LogP) is 3.51. The summed E-state index contributed by atoms with van der Waals surface area (Å²) >= 11 is 5.82. The largest absolute Gasteiger partial charge is 0.513 e. The molecule has 0 amide bonds. The topological polar surface area (TPSA) is 48.0 Å². The van der Waals surface area contributed by atoms with Gasteiger partial charge in [-0.25, -0.2) is 4.79 Å². The number of nitrogens with zero attached hydrogens (tertiary/aromatic N) is 1. The molecule has 1 aromatic carbocycles. The van der Waals surface area contributed by atoms with Crippen molar-refractivity contribution in [1.29, 1.82) is 0 Å². The van der Waals surface area contributed by atoms with Gasteiger partial charge in [-0.05, 0) is 36.8 Å². The summed E-state index contributed by atoms with van der Waals surface area (Å²) in [6, 6.07) is 7.26. The van der Waals surface area contributed by atoms with E-state index in [0.29, 0.717) is 23.9 Å². The van der Waals surface area contributed by atoms with Crippen LogP contribution >= 0.6 is 24.0 Å². The van der Waals surface area contributed by atoms with E-state index in [1.165, 1.54) is 7.11 Å². The first kappa shape index (κ1) is 18.6. The van der Waals surface area contributed by atoms with E-state index in [-0.39, 0.29) is 12.4 Å². The predicted molar refractivity (Wildman–Crippen MR) is 86.8 cm³/mol. The van der Waals surface area contributed by atoms with Crippen LogP contribution in [0.25, 0.3) is 0 Å². The molecule has 0 saturated heterocycles. The summed E-state index contributed by atoms with van der Waals surface area (Å²) in [5.41, 5.74) is 0. The van der Waals surface area contributed by atoms with Crippen LogP contribution < -0.4 is 4.74 Å². The van der Waals surface area contributed by atoms with Crippen molar-refractivity contribution in [2.24, 2.45) is 0 Å². The molecule has 0 bridgehead atoms. The van der Waals surface area contributed by atoms with Gasteiger partial charge in [0.2, 0.25) is 0 Å². The van der Waals surface area contributed by atoms with Crippen molar-refractivity contribution in [2.45, 2.75) is 6.42 Å². The molecule has 7 heteroatoms. The maximum absolute atomic E-state index is 11.1. The molecule has 0 fully saturated rings. The maximum atomic E-state index is 11.1. The van der Waals surface area contributed by atoms with Crippen molar-refractivity contribution in [3.05, 3.63) is 41.1 Å². The Morgan fingerprint density at radius 2 is 2.05 bits per heavy atom. The van der Waals surface area contributed by atoms with E-state index in [1.54, 1.807) is 12.1 Å². The van der Waals surface area contributed by atoms with Gasteiger partial charge in [-0.1, -0.05) is 11.6 Å². The minimum Gasteiger partial charge on any atom is -0.492 e. The second-order valence-electron chi connectivity index (χ2n) is 4.59. The number of carbonyl (C=O) groups is 1. The molecular weight excluding hydrogens is 329 g/mol. The minimum atomic E-state index is -0.680. The van der Waals surface area contributed by atoms with Gasteiger partial charge in [0.05, 0.1) is 13.7 Å². The van der Waals surface area contributed by atoms with Crippen molar-refractivity contribution in [3.63, 3.8) is 0 Å². The first-order chi connectivity index (χ1) is 10.2. The van der Waals surface area contributed by atoms with Gasteiger partial charge in [0.1, 0.15) is 18.1 Å². The van der Waals surface area contributed by atoms with Crippen LogP contribution in [-0.2, 0) is 9.47 Å². The molecule has 1 heterocycles. The fraction of sp³-hybridized carbons (Fsp3) is 0.400. The number of methoxy groups -OCH3 is 1. The first-order valence-electron chi connectivity index (χ1n) is 6.73. The van der Waals surface area contributed by atoms with Crippen molar-refractivity contribution >= 4 is 30.2 Å². The highest BCUT2D eigenvalue weighted by Gasteiger charge is 2.16. The summed E-state index contributed by atoms with van der Waals surface area (Å²) in [5, 5.41) is 0.688. The van der Waals surface area contributed by atoms with E-state index in [2.05, 4.69) is 9.64 Å². The number of halogens is 2. The third-order valence-corrected chi connectivity index (χ3v) is 3.32. The highest BCUT2D eigenvalue weighted by atomic mass is 35.5. The maximum Gasteiger partial charge on any atom is 0.513 e. The van der Waals surface area contributed by atoms with Gasteiger partial charge in [0.25, 0.3) is 0 Å². The van der Waals surface area contributed by atoms with E-state index < -0.39 is 6.16 Å². The number of ether oxygens (including phenoxy) is 3. The van der Waals surface area contributed by atoms with Gasteiger partial charge in [-0.15, -0.1) is 12.4 Å². The summed E-state index contributed by atoms with van der Waals surface area (Å²) in [4.78, 5) is 13.2. The van der Waals surface area contributed by atoms with Crippen molar-refractivity contribution in [2.75, 3.05) is 33.4 Å². The number of hydrogen-bond donors (Lipinski definition) is 0. The summed E-state index contributed by atoms with van der Waals surface area (Å²) in [5.74, 6) is 1.41. The van der Waals surface area contributed by atoms with E-state index in [9.17, 15) is 4.79 Å². The van der Waals surface area contributed by atoms with Gasteiger partial charge in [0, 0.05) is 18.1 Å². The molecule has 0 atom stereocenters. The number of rotatable bonds is 5. The van der Waals surface area contributed by atoms with Crippen molar-refractivity contribution in [3.8, 4) is 5.75 Å². The molecule has 122 valence electrons. The minimum absolute atomic E-state index is 0. The molecule has 0 spiro atoms. The van der Waals surface area contributed by atoms with Gasteiger partial charge >= 0.3 is 6.16 Å². The number of hydrogen-bond acceptors (Lipinski definition) is 5. The molecule has 0 N–H and O–H groups in total. The number of benzene rings is 1. The van der Waals surface area contributed by atoms with Crippen LogP contribution in [0.3, 0.4) is 0 Å². The average Bonchev–Trinajstić information content (AvgIpc) is 2.49. The van der Waals surface area contributed by atoms with Crippen LogP contribution in [0.4, 0.5) is 4.79 Å². The molecule has 1 aromatic rings. The summed E-state index contributed by atoms with van der Waals surface area (Å²) < 4.78 is 15.2. The average molecular weight is 348 g/mol. The second kappa shape index (κ2) is 9.56. The number of carbonyl (C=O) groups excluding carboxylic acids is 1. The SMILES string of the molecule is COC(=O)OC1=CCCN(CCOc2ccc(Cl)cc2)C1.Cl. The lowest BCUT2D eigenvalue weighted by atomic mass is 10.2. The zero-order valence-electron chi connectivity index (χ0n) is 12.3. The normalized spacial score (nSPS) is 14.5.